The van der Waals surface area contributed by atoms with E-state index in [0.717, 1.165) is 43.4 Å². The van der Waals surface area contributed by atoms with Gasteiger partial charge in [-0.05, 0) is 37.5 Å². The molecule has 2 amide bonds. The van der Waals surface area contributed by atoms with Crippen molar-refractivity contribution < 1.29 is 13.2 Å². The number of carbonyl (C=O) groups is 1. The molecule has 0 bridgehead atoms. The number of benzene rings is 1. The minimum atomic E-state index is -3.09. The average molecular weight is 336 g/mol. The van der Waals surface area contributed by atoms with E-state index >= 15 is 0 Å². The van der Waals surface area contributed by atoms with Gasteiger partial charge in [0, 0.05) is 18.8 Å². The largest absolute Gasteiger partial charge is 0.322 e. The van der Waals surface area contributed by atoms with Crippen LogP contribution in [-0.4, -0.2) is 42.9 Å². The van der Waals surface area contributed by atoms with Gasteiger partial charge in [-0.15, -0.1) is 0 Å². The van der Waals surface area contributed by atoms with Crippen molar-refractivity contribution in [2.75, 3.05) is 18.4 Å². The highest BCUT2D eigenvalue weighted by molar-refractivity contribution is 7.92. The normalized spacial score (nSPS) is 20.1. The van der Waals surface area contributed by atoms with Gasteiger partial charge < -0.3 is 10.2 Å². The molecule has 3 rings (SSSR count). The SMILES string of the molecule is Cc1cccc(NC(=O)N2CC(S(=O)(=O)C3CCCCC3)C2)c1. The number of aryl methyl sites for hydroxylation is 1. The first-order chi connectivity index (χ1) is 11.0. The van der Waals surface area contributed by atoms with Crippen molar-refractivity contribution in [2.45, 2.75) is 49.5 Å². The summed E-state index contributed by atoms with van der Waals surface area (Å²) >= 11 is 0. The number of sulfone groups is 1. The quantitative estimate of drug-likeness (QED) is 0.923. The van der Waals surface area contributed by atoms with Gasteiger partial charge in [0.15, 0.2) is 9.84 Å². The van der Waals surface area contributed by atoms with Crippen LogP contribution in [0.4, 0.5) is 10.5 Å². The molecule has 2 fully saturated rings. The molecule has 1 aromatic rings. The summed E-state index contributed by atoms with van der Waals surface area (Å²) in [6.07, 6.45) is 4.73. The minimum absolute atomic E-state index is 0.191. The lowest BCUT2D eigenvalue weighted by Crippen LogP contribution is -2.59. The smallest absolute Gasteiger partial charge is 0.321 e. The van der Waals surface area contributed by atoms with Crippen LogP contribution in [0.3, 0.4) is 0 Å². The number of carbonyl (C=O) groups excluding carboxylic acids is 1. The van der Waals surface area contributed by atoms with Crippen LogP contribution in [0.25, 0.3) is 0 Å². The summed E-state index contributed by atoms with van der Waals surface area (Å²) < 4.78 is 25.2. The molecular formula is C17H24N2O3S. The number of anilines is 1. The molecule has 5 nitrogen and oxygen atoms in total. The highest BCUT2D eigenvalue weighted by Crippen LogP contribution is 2.30. The van der Waals surface area contributed by atoms with Crippen LogP contribution >= 0.6 is 0 Å². The summed E-state index contributed by atoms with van der Waals surface area (Å²) in [7, 11) is -3.09. The van der Waals surface area contributed by atoms with E-state index in [2.05, 4.69) is 5.32 Å². The number of likely N-dealkylation sites (tertiary alicyclic amines) is 1. The molecule has 1 aliphatic heterocycles. The Hall–Kier alpha value is -1.56. The molecule has 1 heterocycles. The van der Waals surface area contributed by atoms with Crippen molar-refractivity contribution in [3.05, 3.63) is 29.8 Å². The Kier molecular flexibility index (Phi) is 4.62. The van der Waals surface area contributed by atoms with Gasteiger partial charge in [0.1, 0.15) is 0 Å². The van der Waals surface area contributed by atoms with Crippen molar-refractivity contribution >= 4 is 21.6 Å². The molecule has 23 heavy (non-hydrogen) atoms. The third kappa shape index (κ3) is 3.52. The van der Waals surface area contributed by atoms with Crippen molar-refractivity contribution in [3.63, 3.8) is 0 Å². The van der Waals surface area contributed by atoms with Gasteiger partial charge in [-0.3, -0.25) is 0 Å². The zero-order chi connectivity index (χ0) is 16.4. The van der Waals surface area contributed by atoms with E-state index in [1.807, 2.05) is 31.2 Å². The van der Waals surface area contributed by atoms with E-state index in [1.54, 1.807) is 4.90 Å². The summed E-state index contributed by atoms with van der Waals surface area (Å²) in [6.45, 7) is 2.60. The Labute approximate surface area is 138 Å². The standard InChI is InChI=1S/C17H24N2O3S/c1-13-6-5-7-14(10-13)18-17(20)19-11-16(12-19)23(21,22)15-8-3-2-4-9-15/h5-7,10,15-16H,2-4,8-9,11-12H2,1H3,(H,18,20). The first kappa shape index (κ1) is 16.3. The fourth-order valence-corrected chi connectivity index (χ4v) is 5.71. The van der Waals surface area contributed by atoms with E-state index < -0.39 is 9.84 Å². The number of nitrogens with one attached hydrogen (secondary N) is 1. The molecular weight excluding hydrogens is 312 g/mol. The first-order valence-corrected chi connectivity index (χ1v) is 9.93. The monoisotopic (exact) mass is 336 g/mol. The number of hydrogen-bond donors (Lipinski definition) is 1. The maximum absolute atomic E-state index is 12.6. The molecule has 1 saturated carbocycles. The van der Waals surface area contributed by atoms with Gasteiger partial charge in [0.2, 0.25) is 0 Å². The molecule has 0 aromatic heterocycles. The van der Waals surface area contributed by atoms with E-state index in [-0.39, 0.29) is 16.5 Å². The van der Waals surface area contributed by atoms with Crippen LogP contribution in [0, 0.1) is 6.92 Å². The Morgan fingerprint density at radius 2 is 1.83 bits per heavy atom. The zero-order valence-electron chi connectivity index (χ0n) is 13.5. The van der Waals surface area contributed by atoms with Crippen molar-refractivity contribution in [3.8, 4) is 0 Å². The summed E-state index contributed by atoms with van der Waals surface area (Å²) in [6, 6.07) is 7.36. The Morgan fingerprint density at radius 1 is 1.13 bits per heavy atom. The van der Waals surface area contributed by atoms with Gasteiger partial charge in [0.25, 0.3) is 0 Å². The Bertz CT molecular complexity index is 675. The highest BCUT2D eigenvalue weighted by Gasteiger charge is 2.43. The second kappa shape index (κ2) is 6.51. The molecule has 1 aliphatic carbocycles. The van der Waals surface area contributed by atoms with Gasteiger partial charge >= 0.3 is 6.03 Å². The van der Waals surface area contributed by atoms with Crippen molar-refractivity contribution in [1.82, 2.24) is 4.90 Å². The summed E-state index contributed by atoms with van der Waals surface area (Å²) in [5.41, 5.74) is 1.82. The number of hydrogen-bond acceptors (Lipinski definition) is 3. The lowest BCUT2D eigenvalue weighted by molar-refractivity contribution is 0.182. The number of nitrogens with zero attached hydrogens (tertiary/aromatic N) is 1. The van der Waals surface area contributed by atoms with Gasteiger partial charge in [-0.2, -0.15) is 0 Å². The van der Waals surface area contributed by atoms with Crippen molar-refractivity contribution in [2.24, 2.45) is 0 Å². The van der Waals surface area contributed by atoms with Gasteiger partial charge in [-0.1, -0.05) is 31.4 Å². The lowest BCUT2D eigenvalue weighted by Gasteiger charge is -2.40. The molecule has 0 atom stereocenters. The molecule has 1 aromatic carbocycles. The number of amides is 2. The van der Waals surface area contributed by atoms with Crippen LogP contribution in [0.5, 0.6) is 0 Å². The van der Waals surface area contributed by atoms with E-state index in [9.17, 15) is 13.2 Å². The van der Waals surface area contributed by atoms with Gasteiger partial charge in [0.05, 0.1) is 10.5 Å². The fourth-order valence-electron chi connectivity index (χ4n) is 3.40. The van der Waals surface area contributed by atoms with Crippen LogP contribution in [-0.2, 0) is 9.84 Å². The molecule has 1 N–H and O–H groups in total. The van der Waals surface area contributed by atoms with Crippen LogP contribution in [0.1, 0.15) is 37.7 Å². The fraction of sp³-hybridized carbons (Fsp3) is 0.588. The summed E-state index contributed by atoms with van der Waals surface area (Å²) in [4.78, 5) is 13.8. The second-order valence-corrected chi connectivity index (χ2v) is 9.19. The Balaban J connectivity index is 1.54. The number of urea groups is 1. The van der Waals surface area contributed by atoms with Crippen molar-refractivity contribution in [1.29, 1.82) is 0 Å². The molecule has 0 unspecified atom stereocenters. The predicted molar refractivity (Wildman–Crippen MR) is 91.4 cm³/mol. The molecule has 126 valence electrons. The van der Waals surface area contributed by atoms with Gasteiger partial charge in [-0.25, -0.2) is 13.2 Å². The molecule has 1 saturated heterocycles. The first-order valence-electron chi connectivity index (χ1n) is 8.32. The highest BCUT2D eigenvalue weighted by atomic mass is 32.2. The summed E-state index contributed by atoms with van der Waals surface area (Å²) in [5.74, 6) is 0. The van der Waals surface area contributed by atoms with Crippen LogP contribution in [0.15, 0.2) is 24.3 Å². The van der Waals surface area contributed by atoms with E-state index in [0.29, 0.717) is 13.1 Å². The number of rotatable bonds is 3. The molecule has 0 radical (unpaired) electrons. The molecule has 0 spiro atoms. The minimum Gasteiger partial charge on any atom is -0.322 e. The third-order valence-electron chi connectivity index (χ3n) is 4.89. The second-order valence-electron chi connectivity index (χ2n) is 6.68. The van der Waals surface area contributed by atoms with Crippen LogP contribution in [0.2, 0.25) is 0 Å². The predicted octanol–water partition coefficient (Wildman–Crippen LogP) is 2.96. The third-order valence-corrected chi connectivity index (χ3v) is 7.51. The molecule has 6 heteroatoms. The molecule has 2 aliphatic rings. The zero-order valence-corrected chi connectivity index (χ0v) is 14.3. The Morgan fingerprint density at radius 3 is 2.48 bits per heavy atom. The average Bonchev–Trinajstić information content (AvgIpc) is 2.46. The topological polar surface area (TPSA) is 66.5 Å². The maximum Gasteiger partial charge on any atom is 0.321 e. The van der Waals surface area contributed by atoms with E-state index in [4.69, 9.17) is 0 Å². The van der Waals surface area contributed by atoms with Crippen LogP contribution < -0.4 is 5.32 Å². The lowest BCUT2D eigenvalue weighted by atomic mass is 10.0. The summed E-state index contributed by atoms with van der Waals surface area (Å²) in [5, 5.41) is 2.26. The maximum atomic E-state index is 12.6. The van der Waals surface area contributed by atoms with E-state index in [1.165, 1.54) is 0 Å².